The van der Waals surface area contributed by atoms with Gasteiger partial charge in [0.25, 0.3) is 5.91 Å². The van der Waals surface area contributed by atoms with Crippen molar-refractivity contribution >= 4 is 17.4 Å². The number of nitrogens with zero attached hydrogens (tertiary/aromatic N) is 2. The van der Waals surface area contributed by atoms with E-state index in [1.807, 2.05) is 0 Å². The number of nitrogens with one attached hydrogen (secondary N) is 2. The Bertz CT molecular complexity index is 1370. The number of fused-ring (bicyclic) bond motifs is 2. The Morgan fingerprint density at radius 3 is 2.55 bits per heavy atom. The fraction of sp³-hybridized carbons (Fsp3) is 0.360. The van der Waals surface area contributed by atoms with Gasteiger partial charge in [-0.1, -0.05) is 6.07 Å². The number of amides is 1. The number of ether oxygens (including phenoxy) is 4. The van der Waals surface area contributed by atoms with Gasteiger partial charge in [0.2, 0.25) is 6.79 Å². The largest absolute Gasteiger partial charge is 0.493 e. The number of benzene rings is 2. The summed E-state index contributed by atoms with van der Waals surface area (Å²) in [7, 11) is 2.90. The second-order valence-electron chi connectivity index (χ2n) is 8.88. The van der Waals surface area contributed by atoms with Gasteiger partial charge in [0.05, 0.1) is 38.2 Å². The predicted octanol–water partition coefficient (Wildman–Crippen LogP) is 4.59. The van der Waals surface area contributed by atoms with Crippen molar-refractivity contribution in [3.63, 3.8) is 0 Å². The van der Waals surface area contributed by atoms with Crippen molar-refractivity contribution in [2.24, 2.45) is 0 Å². The molecule has 1 aromatic heterocycles. The van der Waals surface area contributed by atoms with E-state index in [9.17, 15) is 23.1 Å². The van der Waals surface area contributed by atoms with E-state index in [1.165, 1.54) is 27.2 Å². The lowest BCUT2D eigenvalue weighted by Crippen LogP contribution is -2.36. The van der Waals surface area contributed by atoms with Crippen LogP contribution in [0.4, 0.5) is 24.7 Å². The van der Waals surface area contributed by atoms with Crippen LogP contribution >= 0.6 is 0 Å². The highest BCUT2D eigenvalue weighted by Gasteiger charge is 2.47. The molecule has 0 unspecified atom stereocenters. The van der Waals surface area contributed by atoms with E-state index in [-0.39, 0.29) is 30.3 Å². The van der Waals surface area contributed by atoms with Gasteiger partial charge < -0.3 is 34.7 Å². The molecule has 1 amide bonds. The van der Waals surface area contributed by atoms with Gasteiger partial charge in [-0.3, -0.25) is 4.79 Å². The Morgan fingerprint density at radius 1 is 1.18 bits per heavy atom. The van der Waals surface area contributed by atoms with Crippen molar-refractivity contribution in [1.29, 1.82) is 0 Å². The first-order valence-electron chi connectivity index (χ1n) is 11.7. The molecule has 3 N–H and O–H groups in total. The first-order chi connectivity index (χ1) is 18.1. The third-order valence-corrected chi connectivity index (χ3v) is 6.54. The summed E-state index contributed by atoms with van der Waals surface area (Å²) in [5.41, 5.74) is 1.00. The van der Waals surface area contributed by atoms with Crippen LogP contribution in [0.3, 0.4) is 0 Å². The van der Waals surface area contributed by atoms with Crippen LogP contribution in [0.1, 0.15) is 53.0 Å². The minimum atomic E-state index is -4.62. The zero-order valence-electron chi connectivity index (χ0n) is 20.6. The van der Waals surface area contributed by atoms with Gasteiger partial charge in [-0.2, -0.15) is 18.3 Å². The third-order valence-electron chi connectivity index (χ3n) is 6.54. The number of alkyl halides is 3. The minimum Gasteiger partial charge on any atom is -0.493 e. The number of carbonyl (C=O) groups is 1. The Balaban J connectivity index is 1.50. The van der Waals surface area contributed by atoms with Crippen molar-refractivity contribution in [1.82, 2.24) is 9.78 Å². The molecule has 3 atom stereocenters. The van der Waals surface area contributed by atoms with Crippen molar-refractivity contribution in [2.75, 3.05) is 31.6 Å². The lowest BCUT2D eigenvalue weighted by atomic mass is 9.96. The lowest BCUT2D eigenvalue weighted by molar-refractivity contribution is -0.173. The van der Waals surface area contributed by atoms with Crippen LogP contribution in [0, 0.1) is 0 Å². The number of hydrogen-bond donors (Lipinski definition) is 3. The molecule has 0 saturated heterocycles. The van der Waals surface area contributed by atoms with E-state index >= 15 is 0 Å². The van der Waals surface area contributed by atoms with Crippen LogP contribution in [-0.2, 0) is 0 Å². The molecule has 5 rings (SSSR count). The number of aliphatic hydroxyl groups is 1. The highest BCUT2D eigenvalue weighted by Crippen LogP contribution is 2.46. The fourth-order valence-electron chi connectivity index (χ4n) is 4.62. The summed E-state index contributed by atoms with van der Waals surface area (Å²) in [5, 5.41) is 19.8. The number of rotatable bonds is 6. The average molecular weight is 534 g/mol. The summed E-state index contributed by atoms with van der Waals surface area (Å²) in [6.07, 6.45) is -4.86. The van der Waals surface area contributed by atoms with E-state index in [2.05, 4.69) is 15.7 Å². The number of aliphatic hydroxyl groups excluding tert-OH is 1. The maximum atomic E-state index is 14.1. The molecule has 0 saturated carbocycles. The molecule has 0 radical (unpaired) electrons. The lowest BCUT2D eigenvalue weighted by Gasteiger charge is -2.34. The number of carbonyl (C=O) groups excluding carboxylic acids is 1. The van der Waals surface area contributed by atoms with Gasteiger partial charge in [0.15, 0.2) is 29.0 Å². The molecule has 2 aliphatic heterocycles. The van der Waals surface area contributed by atoms with Crippen molar-refractivity contribution < 1.29 is 42.0 Å². The fourth-order valence-corrected chi connectivity index (χ4v) is 4.62. The topological polar surface area (TPSA) is 116 Å². The van der Waals surface area contributed by atoms with E-state index in [4.69, 9.17) is 18.9 Å². The molecule has 202 valence electrons. The highest BCUT2D eigenvalue weighted by molar-refractivity contribution is 6.08. The van der Waals surface area contributed by atoms with Gasteiger partial charge in [0, 0.05) is 18.1 Å². The normalized spacial score (nSPS) is 18.8. The SMILES string of the molecule is COc1ccc([C@@H]2C[C@H](C(F)(F)F)n3ncc(C(=O)Nc4cc5c(cc4[C@H](C)O)OCO5)c3N2)cc1OC. The van der Waals surface area contributed by atoms with Crippen LogP contribution in [0.25, 0.3) is 0 Å². The molecule has 10 nitrogen and oxygen atoms in total. The van der Waals surface area contributed by atoms with E-state index in [1.54, 1.807) is 24.3 Å². The summed E-state index contributed by atoms with van der Waals surface area (Å²) in [6, 6.07) is 5.09. The van der Waals surface area contributed by atoms with Crippen LogP contribution in [0.5, 0.6) is 23.0 Å². The summed E-state index contributed by atoms with van der Waals surface area (Å²) >= 11 is 0. The van der Waals surface area contributed by atoms with Gasteiger partial charge in [-0.15, -0.1) is 0 Å². The van der Waals surface area contributed by atoms with Crippen molar-refractivity contribution in [3.05, 3.63) is 53.2 Å². The van der Waals surface area contributed by atoms with Gasteiger partial charge in [-0.25, -0.2) is 4.68 Å². The molecular formula is C25H25F3N4O6. The molecule has 2 aliphatic rings. The molecule has 38 heavy (non-hydrogen) atoms. The number of hydrogen-bond acceptors (Lipinski definition) is 8. The zero-order valence-corrected chi connectivity index (χ0v) is 20.6. The third kappa shape index (κ3) is 4.53. The molecule has 0 bridgehead atoms. The minimum absolute atomic E-state index is 0.0107. The second kappa shape index (κ2) is 9.63. The predicted molar refractivity (Wildman–Crippen MR) is 129 cm³/mol. The summed E-state index contributed by atoms with van der Waals surface area (Å²) in [5.74, 6) is 0.770. The van der Waals surface area contributed by atoms with Gasteiger partial charge in [-0.05, 0) is 30.7 Å². The average Bonchev–Trinajstić information content (AvgIpc) is 3.53. The van der Waals surface area contributed by atoms with Crippen molar-refractivity contribution in [2.45, 2.75) is 37.7 Å². The van der Waals surface area contributed by atoms with Gasteiger partial charge >= 0.3 is 6.18 Å². The molecule has 0 spiro atoms. The summed E-state index contributed by atoms with van der Waals surface area (Å²) in [6.45, 7) is 1.50. The molecule has 3 heterocycles. The Kier molecular flexibility index (Phi) is 6.47. The molecule has 13 heteroatoms. The molecule has 0 aliphatic carbocycles. The van der Waals surface area contributed by atoms with E-state index < -0.39 is 30.3 Å². The zero-order chi connectivity index (χ0) is 27.2. The number of anilines is 2. The van der Waals surface area contributed by atoms with Crippen molar-refractivity contribution in [3.8, 4) is 23.0 Å². The first-order valence-corrected chi connectivity index (χ1v) is 11.7. The molecule has 3 aromatic rings. The molecule has 2 aromatic carbocycles. The maximum absolute atomic E-state index is 14.1. The van der Waals surface area contributed by atoms with E-state index in [0.717, 1.165) is 10.9 Å². The molecule has 0 fully saturated rings. The van der Waals surface area contributed by atoms with E-state index in [0.29, 0.717) is 34.1 Å². The Hall–Kier alpha value is -4.13. The van der Waals surface area contributed by atoms with Crippen LogP contribution in [0.2, 0.25) is 0 Å². The van der Waals surface area contributed by atoms with Crippen LogP contribution in [0.15, 0.2) is 36.5 Å². The number of halogens is 3. The monoisotopic (exact) mass is 534 g/mol. The molecular weight excluding hydrogens is 509 g/mol. The number of methoxy groups -OCH3 is 2. The van der Waals surface area contributed by atoms with Crippen LogP contribution in [-0.4, -0.2) is 48.0 Å². The number of aromatic nitrogens is 2. The van der Waals surface area contributed by atoms with Crippen LogP contribution < -0.4 is 29.6 Å². The standard InChI is InChI=1S/C25H25F3N4O6/c1-12(33)14-7-20-21(38-11-37-20)8-17(14)31-24(34)15-10-29-32-22(25(26,27)28)9-16(30-23(15)32)13-4-5-18(35-2)19(6-13)36-3/h4-8,10,12,16,22,30,33H,9,11H2,1-3H3,(H,31,34)/t12-,16-,22+/m0/s1. The van der Waals surface area contributed by atoms with Gasteiger partial charge in [0.1, 0.15) is 11.4 Å². The first kappa shape index (κ1) is 25.5. The maximum Gasteiger partial charge on any atom is 0.410 e. The summed E-state index contributed by atoms with van der Waals surface area (Å²) in [4.78, 5) is 13.3. The smallest absolute Gasteiger partial charge is 0.410 e. The second-order valence-corrected chi connectivity index (χ2v) is 8.88. The Morgan fingerprint density at radius 2 is 1.89 bits per heavy atom. The summed E-state index contributed by atoms with van der Waals surface area (Å²) < 4.78 is 64.3. The quantitative estimate of drug-likeness (QED) is 0.421. The Labute approximate surface area is 215 Å². The highest BCUT2D eigenvalue weighted by atomic mass is 19.4.